The number of ether oxygens (including phenoxy) is 1. The molecule has 26 heavy (non-hydrogen) atoms. The Morgan fingerprint density at radius 2 is 1.92 bits per heavy atom. The van der Waals surface area contributed by atoms with E-state index in [9.17, 15) is 4.79 Å². The molecule has 0 aliphatic carbocycles. The molecule has 1 aromatic heterocycles. The van der Waals surface area contributed by atoms with Crippen molar-refractivity contribution < 1.29 is 13.9 Å². The van der Waals surface area contributed by atoms with Crippen molar-refractivity contribution >= 4 is 35.0 Å². The van der Waals surface area contributed by atoms with Gasteiger partial charge in [-0.3, -0.25) is 4.79 Å². The van der Waals surface area contributed by atoms with E-state index in [0.717, 1.165) is 33.6 Å². The van der Waals surface area contributed by atoms with E-state index in [1.165, 1.54) is 0 Å². The van der Waals surface area contributed by atoms with Crippen LogP contribution < -0.4 is 15.8 Å². The summed E-state index contributed by atoms with van der Waals surface area (Å²) in [6, 6.07) is 10.7. The molecule has 0 aliphatic rings. The van der Waals surface area contributed by atoms with Crippen molar-refractivity contribution in [3.8, 4) is 5.75 Å². The number of methoxy groups -OCH3 is 1. The zero-order chi connectivity index (χ0) is 18.1. The number of aryl methyl sites for hydroxylation is 2. The summed E-state index contributed by atoms with van der Waals surface area (Å²) in [6.45, 7) is 5.77. The van der Waals surface area contributed by atoms with E-state index in [0.29, 0.717) is 11.3 Å². The van der Waals surface area contributed by atoms with Gasteiger partial charge in [0, 0.05) is 22.2 Å². The first kappa shape index (κ1) is 19.7. The van der Waals surface area contributed by atoms with Gasteiger partial charge in [0.25, 0.3) is 5.91 Å². The highest BCUT2D eigenvalue weighted by molar-refractivity contribution is 5.96. The maximum absolute atomic E-state index is 12.6. The molecule has 3 aromatic rings. The van der Waals surface area contributed by atoms with Crippen LogP contribution in [0.5, 0.6) is 5.75 Å². The summed E-state index contributed by atoms with van der Waals surface area (Å²) in [5.41, 5.74) is 9.58. The van der Waals surface area contributed by atoms with Gasteiger partial charge >= 0.3 is 0 Å². The predicted octanol–water partition coefficient (Wildman–Crippen LogP) is 4.55. The van der Waals surface area contributed by atoms with Crippen molar-refractivity contribution in [2.75, 3.05) is 12.8 Å². The number of amides is 1. The minimum absolute atomic E-state index is 0. The SMILES string of the molecule is COc1ccc2oc(C(C)NC(=O)c3cc(N)ccc3C)c(C)c2c1.Cl. The number of nitrogen functional groups attached to an aromatic ring is 1. The normalized spacial score (nSPS) is 11.7. The number of nitrogens with two attached hydrogens (primary N) is 1. The highest BCUT2D eigenvalue weighted by atomic mass is 35.5. The second kappa shape index (κ2) is 7.70. The number of anilines is 1. The third-order valence-corrected chi connectivity index (χ3v) is 4.43. The highest BCUT2D eigenvalue weighted by Gasteiger charge is 2.20. The zero-order valence-electron chi connectivity index (χ0n) is 15.3. The first-order valence-corrected chi connectivity index (χ1v) is 8.14. The van der Waals surface area contributed by atoms with E-state index in [1.54, 1.807) is 19.2 Å². The fourth-order valence-corrected chi connectivity index (χ4v) is 2.98. The molecule has 138 valence electrons. The number of benzene rings is 2. The molecule has 0 radical (unpaired) electrons. The Labute approximate surface area is 158 Å². The first-order chi connectivity index (χ1) is 11.9. The largest absolute Gasteiger partial charge is 0.497 e. The van der Waals surface area contributed by atoms with Gasteiger partial charge in [0.1, 0.15) is 17.1 Å². The molecular weight excluding hydrogens is 352 g/mol. The van der Waals surface area contributed by atoms with Gasteiger partial charge < -0.3 is 20.2 Å². The summed E-state index contributed by atoms with van der Waals surface area (Å²) < 4.78 is 11.2. The summed E-state index contributed by atoms with van der Waals surface area (Å²) in [7, 11) is 1.63. The zero-order valence-corrected chi connectivity index (χ0v) is 16.1. The summed E-state index contributed by atoms with van der Waals surface area (Å²) in [5.74, 6) is 1.34. The minimum Gasteiger partial charge on any atom is -0.497 e. The van der Waals surface area contributed by atoms with Gasteiger partial charge in [-0.05, 0) is 56.7 Å². The molecule has 0 saturated heterocycles. The van der Waals surface area contributed by atoms with Crippen LogP contribution in [-0.2, 0) is 0 Å². The number of carbonyl (C=O) groups is 1. The van der Waals surface area contributed by atoms with E-state index in [1.807, 2.05) is 45.0 Å². The van der Waals surface area contributed by atoms with E-state index in [2.05, 4.69) is 5.32 Å². The minimum atomic E-state index is -0.272. The van der Waals surface area contributed by atoms with Crippen LogP contribution in [0.1, 0.15) is 40.2 Å². The van der Waals surface area contributed by atoms with Gasteiger partial charge in [-0.25, -0.2) is 0 Å². The van der Waals surface area contributed by atoms with Crippen molar-refractivity contribution in [1.82, 2.24) is 5.32 Å². The molecule has 1 atom stereocenters. The number of halogens is 1. The maximum atomic E-state index is 12.6. The smallest absolute Gasteiger partial charge is 0.252 e. The van der Waals surface area contributed by atoms with Gasteiger partial charge in [0.05, 0.1) is 13.2 Å². The first-order valence-electron chi connectivity index (χ1n) is 8.14. The number of hydrogen-bond donors (Lipinski definition) is 2. The third-order valence-electron chi connectivity index (χ3n) is 4.43. The molecule has 6 heteroatoms. The highest BCUT2D eigenvalue weighted by Crippen LogP contribution is 2.32. The van der Waals surface area contributed by atoms with Gasteiger partial charge in [-0.15, -0.1) is 12.4 Å². The quantitative estimate of drug-likeness (QED) is 0.656. The van der Waals surface area contributed by atoms with Crippen LogP contribution >= 0.6 is 12.4 Å². The van der Waals surface area contributed by atoms with Crippen molar-refractivity contribution in [3.05, 3.63) is 58.8 Å². The van der Waals surface area contributed by atoms with Crippen LogP contribution in [0.4, 0.5) is 5.69 Å². The molecule has 1 amide bonds. The summed E-state index contributed by atoms with van der Waals surface area (Å²) in [5, 5.41) is 3.97. The molecule has 0 aliphatic heterocycles. The monoisotopic (exact) mass is 374 g/mol. The molecule has 0 fully saturated rings. The molecule has 0 spiro atoms. The standard InChI is InChI=1S/C20H22N2O3.ClH/c1-11-5-6-14(21)9-16(11)20(23)22-13(3)19-12(2)17-10-15(24-4)7-8-18(17)25-19;/h5-10,13H,21H2,1-4H3,(H,22,23);1H. The molecule has 1 heterocycles. The van der Waals surface area contributed by atoms with Crippen molar-refractivity contribution in [3.63, 3.8) is 0 Å². The van der Waals surface area contributed by atoms with Crippen LogP contribution in [0.15, 0.2) is 40.8 Å². The summed E-state index contributed by atoms with van der Waals surface area (Å²) in [4.78, 5) is 12.6. The summed E-state index contributed by atoms with van der Waals surface area (Å²) in [6.07, 6.45) is 0. The van der Waals surface area contributed by atoms with Gasteiger partial charge in [0.15, 0.2) is 0 Å². The number of rotatable bonds is 4. The van der Waals surface area contributed by atoms with Crippen LogP contribution in [0.3, 0.4) is 0 Å². The fourth-order valence-electron chi connectivity index (χ4n) is 2.98. The Bertz CT molecular complexity index is 950. The lowest BCUT2D eigenvalue weighted by Gasteiger charge is -2.14. The van der Waals surface area contributed by atoms with Crippen LogP contribution in [0.2, 0.25) is 0 Å². The van der Waals surface area contributed by atoms with Crippen LogP contribution in [0, 0.1) is 13.8 Å². The number of fused-ring (bicyclic) bond motifs is 1. The van der Waals surface area contributed by atoms with E-state index < -0.39 is 0 Å². The van der Waals surface area contributed by atoms with E-state index >= 15 is 0 Å². The molecular formula is C20H23ClN2O3. The Morgan fingerprint density at radius 3 is 2.62 bits per heavy atom. The Morgan fingerprint density at radius 1 is 1.19 bits per heavy atom. The summed E-state index contributed by atoms with van der Waals surface area (Å²) >= 11 is 0. The van der Waals surface area contributed by atoms with Crippen molar-refractivity contribution in [2.24, 2.45) is 0 Å². The molecule has 5 nitrogen and oxygen atoms in total. The Hall–Kier alpha value is -2.66. The number of carbonyl (C=O) groups excluding carboxylic acids is 1. The van der Waals surface area contributed by atoms with E-state index in [4.69, 9.17) is 14.9 Å². The number of hydrogen-bond acceptors (Lipinski definition) is 4. The van der Waals surface area contributed by atoms with Crippen LogP contribution in [-0.4, -0.2) is 13.0 Å². The number of furan rings is 1. The lowest BCUT2D eigenvalue weighted by Crippen LogP contribution is -2.27. The number of nitrogens with one attached hydrogen (secondary N) is 1. The maximum Gasteiger partial charge on any atom is 0.252 e. The van der Waals surface area contributed by atoms with Gasteiger partial charge in [-0.2, -0.15) is 0 Å². The van der Waals surface area contributed by atoms with Gasteiger partial charge in [-0.1, -0.05) is 6.07 Å². The second-order valence-corrected chi connectivity index (χ2v) is 6.22. The van der Waals surface area contributed by atoms with Crippen LogP contribution in [0.25, 0.3) is 11.0 Å². The second-order valence-electron chi connectivity index (χ2n) is 6.22. The average molecular weight is 375 g/mol. The lowest BCUT2D eigenvalue weighted by molar-refractivity contribution is 0.0935. The molecule has 3 rings (SSSR count). The third kappa shape index (κ3) is 3.63. The molecule has 0 saturated carbocycles. The van der Waals surface area contributed by atoms with Gasteiger partial charge in [0.2, 0.25) is 0 Å². The van der Waals surface area contributed by atoms with Crippen molar-refractivity contribution in [2.45, 2.75) is 26.8 Å². The molecule has 1 unspecified atom stereocenters. The lowest BCUT2D eigenvalue weighted by atomic mass is 10.1. The average Bonchev–Trinajstić information content (AvgIpc) is 2.93. The Balaban J connectivity index is 0.00000243. The Kier molecular flexibility index (Phi) is 5.83. The molecule has 3 N–H and O–H groups in total. The topological polar surface area (TPSA) is 77.5 Å². The fraction of sp³-hybridized carbons (Fsp3) is 0.250. The van der Waals surface area contributed by atoms with E-state index in [-0.39, 0.29) is 24.4 Å². The molecule has 2 aromatic carbocycles. The molecule has 0 bridgehead atoms. The van der Waals surface area contributed by atoms with Crippen molar-refractivity contribution in [1.29, 1.82) is 0 Å². The predicted molar refractivity (Wildman–Crippen MR) is 106 cm³/mol.